The second kappa shape index (κ2) is 6.79. The summed E-state index contributed by atoms with van der Waals surface area (Å²) in [5, 5.41) is 8.52. The van der Waals surface area contributed by atoms with Crippen molar-refractivity contribution in [2.45, 2.75) is 20.3 Å². The number of hydrogen-bond donors (Lipinski definition) is 0. The Morgan fingerprint density at radius 3 is 2.32 bits per heavy atom. The van der Waals surface area contributed by atoms with Crippen LogP contribution in [0.4, 0.5) is 5.69 Å². The highest BCUT2D eigenvalue weighted by Crippen LogP contribution is 2.17. The van der Waals surface area contributed by atoms with E-state index in [2.05, 4.69) is 18.2 Å². The summed E-state index contributed by atoms with van der Waals surface area (Å²) < 4.78 is 0. The van der Waals surface area contributed by atoms with Gasteiger partial charge in [-0.25, -0.2) is 0 Å². The highest BCUT2D eigenvalue weighted by atomic mass is 16.2. The van der Waals surface area contributed by atoms with Gasteiger partial charge < -0.3 is 9.80 Å². The van der Waals surface area contributed by atoms with Crippen LogP contribution in [0.3, 0.4) is 0 Å². The topological polar surface area (TPSA) is 47.3 Å². The van der Waals surface area contributed by atoms with Gasteiger partial charge in [0.15, 0.2) is 0 Å². The molecule has 0 heterocycles. The van der Waals surface area contributed by atoms with Crippen molar-refractivity contribution in [1.29, 1.82) is 5.26 Å². The number of nitrogens with zero attached hydrogens (tertiary/aromatic N) is 3. The van der Waals surface area contributed by atoms with Gasteiger partial charge in [0.25, 0.3) is 0 Å². The molecule has 0 radical (unpaired) electrons. The third kappa shape index (κ3) is 4.63. The fraction of sp³-hybridized carbons (Fsp3) is 0.467. The molecule has 0 N–H and O–H groups in total. The van der Waals surface area contributed by atoms with Crippen molar-refractivity contribution in [2.24, 2.45) is 0 Å². The largest absolute Gasteiger partial charge is 0.365 e. The summed E-state index contributed by atoms with van der Waals surface area (Å²) >= 11 is 0. The summed E-state index contributed by atoms with van der Waals surface area (Å²) in [5.41, 5.74) is 3.42. The van der Waals surface area contributed by atoms with E-state index in [4.69, 9.17) is 5.26 Å². The minimum atomic E-state index is 0.0249. The van der Waals surface area contributed by atoms with E-state index in [-0.39, 0.29) is 5.91 Å². The van der Waals surface area contributed by atoms with Gasteiger partial charge in [-0.05, 0) is 37.1 Å². The molecule has 0 aromatic heterocycles. The van der Waals surface area contributed by atoms with Crippen LogP contribution in [0, 0.1) is 25.2 Å². The van der Waals surface area contributed by atoms with E-state index in [0.717, 1.165) is 5.69 Å². The Morgan fingerprint density at radius 1 is 1.21 bits per heavy atom. The Bertz CT molecular complexity index is 470. The van der Waals surface area contributed by atoms with E-state index in [1.54, 1.807) is 11.9 Å². The van der Waals surface area contributed by atoms with Crippen LogP contribution in [-0.4, -0.2) is 38.0 Å². The van der Waals surface area contributed by atoms with E-state index in [9.17, 15) is 4.79 Å². The van der Waals surface area contributed by atoms with Crippen LogP contribution in [0.25, 0.3) is 0 Å². The van der Waals surface area contributed by atoms with E-state index < -0.39 is 0 Å². The number of carbonyl (C=O) groups excluding carboxylic acids is 1. The first kappa shape index (κ1) is 15.0. The molecular formula is C15H21N3O. The van der Waals surface area contributed by atoms with Crippen LogP contribution >= 0.6 is 0 Å². The van der Waals surface area contributed by atoms with E-state index in [1.807, 2.05) is 31.9 Å². The first-order valence-corrected chi connectivity index (χ1v) is 6.34. The predicted octanol–water partition coefficient (Wildman–Crippen LogP) is 2.11. The highest BCUT2D eigenvalue weighted by molar-refractivity contribution is 5.81. The zero-order valence-corrected chi connectivity index (χ0v) is 12.1. The van der Waals surface area contributed by atoms with E-state index in [1.165, 1.54) is 11.1 Å². The SMILES string of the molecule is Cc1cc(C)cc(N(C)CC(=O)N(C)CCC#N)c1. The van der Waals surface area contributed by atoms with Gasteiger partial charge in [-0.15, -0.1) is 0 Å². The van der Waals surface area contributed by atoms with Crippen molar-refractivity contribution in [3.05, 3.63) is 29.3 Å². The van der Waals surface area contributed by atoms with Gasteiger partial charge in [0.05, 0.1) is 19.0 Å². The molecule has 1 aromatic rings. The Labute approximate surface area is 115 Å². The number of benzene rings is 1. The normalized spacial score (nSPS) is 9.84. The minimum Gasteiger partial charge on any atom is -0.365 e. The maximum absolute atomic E-state index is 12.0. The lowest BCUT2D eigenvalue weighted by Crippen LogP contribution is -2.37. The lowest BCUT2D eigenvalue weighted by molar-refractivity contribution is -0.128. The summed E-state index contributed by atoms with van der Waals surface area (Å²) in [5.74, 6) is 0.0249. The molecule has 0 aliphatic carbocycles. The Balaban J connectivity index is 2.66. The van der Waals surface area contributed by atoms with Gasteiger partial charge in [0, 0.05) is 26.3 Å². The summed E-state index contributed by atoms with van der Waals surface area (Å²) in [4.78, 5) is 15.5. The van der Waals surface area contributed by atoms with Crippen molar-refractivity contribution in [2.75, 3.05) is 32.1 Å². The number of likely N-dealkylation sites (N-methyl/N-ethyl adjacent to an activating group) is 2. The summed E-state index contributed by atoms with van der Waals surface area (Å²) in [6.07, 6.45) is 0.371. The molecule has 1 aromatic carbocycles. The van der Waals surface area contributed by atoms with Crippen LogP contribution in [0.15, 0.2) is 18.2 Å². The second-order valence-electron chi connectivity index (χ2n) is 4.93. The maximum Gasteiger partial charge on any atom is 0.241 e. The average Bonchev–Trinajstić information content (AvgIpc) is 2.34. The molecule has 0 spiro atoms. The zero-order valence-electron chi connectivity index (χ0n) is 12.1. The molecule has 4 heteroatoms. The molecule has 1 rings (SSSR count). The van der Waals surface area contributed by atoms with E-state index in [0.29, 0.717) is 19.5 Å². The summed E-state index contributed by atoms with van der Waals surface area (Å²) in [7, 11) is 3.64. The van der Waals surface area contributed by atoms with Crippen LogP contribution < -0.4 is 4.90 Å². The molecule has 0 aliphatic heterocycles. The summed E-state index contributed by atoms with van der Waals surface area (Å²) in [6, 6.07) is 8.29. The van der Waals surface area contributed by atoms with Crippen molar-refractivity contribution in [3.8, 4) is 6.07 Å². The second-order valence-corrected chi connectivity index (χ2v) is 4.93. The van der Waals surface area contributed by atoms with Crippen LogP contribution in [0.1, 0.15) is 17.5 Å². The molecule has 0 saturated carbocycles. The van der Waals surface area contributed by atoms with Gasteiger partial charge in [0.1, 0.15) is 0 Å². The Morgan fingerprint density at radius 2 is 1.79 bits per heavy atom. The van der Waals surface area contributed by atoms with E-state index >= 15 is 0 Å². The van der Waals surface area contributed by atoms with Crippen LogP contribution in [0.2, 0.25) is 0 Å². The molecule has 0 fully saturated rings. The number of amides is 1. The Kier molecular flexibility index (Phi) is 5.37. The van der Waals surface area contributed by atoms with Crippen LogP contribution in [0.5, 0.6) is 0 Å². The van der Waals surface area contributed by atoms with Crippen molar-refractivity contribution in [1.82, 2.24) is 4.90 Å². The predicted molar refractivity (Wildman–Crippen MR) is 77.1 cm³/mol. The van der Waals surface area contributed by atoms with Gasteiger partial charge in [-0.1, -0.05) is 6.07 Å². The van der Waals surface area contributed by atoms with Gasteiger partial charge in [-0.3, -0.25) is 4.79 Å². The van der Waals surface area contributed by atoms with Crippen molar-refractivity contribution >= 4 is 11.6 Å². The van der Waals surface area contributed by atoms with Gasteiger partial charge >= 0.3 is 0 Å². The third-order valence-corrected chi connectivity index (χ3v) is 3.00. The highest BCUT2D eigenvalue weighted by Gasteiger charge is 2.12. The third-order valence-electron chi connectivity index (χ3n) is 3.00. The fourth-order valence-corrected chi connectivity index (χ4v) is 1.93. The molecule has 0 saturated heterocycles. The van der Waals surface area contributed by atoms with Crippen molar-refractivity contribution in [3.63, 3.8) is 0 Å². The first-order chi connectivity index (χ1) is 8.93. The smallest absolute Gasteiger partial charge is 0.241 e. The quantitative estimate of drug-likeness (QED) is 0.813. The van der Waals surface area contributed by atoms with Gasteiger partial charge in [0.2, 0.25) is 5.91 Å². The lowest BCUT2D eigenvalue weighted by atomic mass is 10.1. The minimum absolute atomic E-state index is 0.0249. The molecule has 0 aliphatic rings. The van der Waals surface area contributed by atoms with Gasteiger partial charge in [-0.2, -0.15) is 5.26 Å². The molecule has 0 bridgehead atoms. The summed E-state index contributed by atoms with van der Waals surface area (Å²) in [6.45, 7) is 4.90. The molecule has 102 valence electrons. The Hall–Kier alpha value is -2.02. The first-order valence-electron chi connectivity index (χ1n) is 6.34. The number of rotatable bonds is 5. The average molecular weight is 259 g/mol. The molecular weight excluding hydrogens is 238 g/mol. The number of nitriles is 1. The molecule has 19 heavy (non-hydrogen) atoms. The fourth-order valence-electron chi connectivity index (χ4n) is 1.93. The standard InChI is InChI=1S/C15H21N3O/c1-12-8-13(2)10-14(9-12)18(4)11-15(19)17(3)7-5-6-16/h8-10H,5,7,11H2,1-4H3. The number of carbonyl (C=O) groups is 1. The number of hydrogen-bond acceptors (Lipinski definition) is 3. The lowest BCUT2D eigenvalue weighted by Gasteiger charge is -2.23. The monoisotopic (exact) mass is 259 g/mol. The molecule has 0 unspecified atom stereocenters. The molecule has 0 atom stereocenters. The van der Waals surface area contributed by atoms with Crippen molar-refractivity contribution < 1.29 is 4.79 Å². The number of aryl methyl sites for hydroxylation is 2. The maximum atomic E-state index is 12.0. The molecule has 4 nitrogen and oxygen atoms in total. The molecule has 1 amide bonds. The number of anilines is 1. The van der Waals surface area contributed by atoms with Crippen LogP contribution in [-0.2, 0) is 4.79 Å². The zero-order chi connectivity index (χ0) is 14.4.